The van der Waals surface area contributed by atoms with Gasteiger partial charge in [0.2, 0.25) is 5.91 Å². The molecule has 0 aliphatic rings. The van der Waals surface area contributed by atoms with E-state index in [1.807, 2.05) is 19.1 Å². The molecule has 1 aromatic rings. The van der Waals surface area contributed by atoms with Gasteiger partial charge in [-0.1, -0.05) is 26.0 Å². The lowest BCUT2D eigenvalue weighted by Crippen LogP contribution is -2.25. The van der Waals surface area contributed by atoms with Crippen molar-refractivity contribution in [2.75, 3.05) is 6.61 Å². The summed E-state index contributed by atoms with van der Waals surface area (Å²) in [5.74, 6) is -0.0101. The van der Waals surface area contributed by atoms with Crippen LogP contribution < -0.4 is 10.5 Å². The molecule has 4 nitrogen and oxygen atoms in total. The maximum Gasteiger partial charge on any atom is 0.223 e. The minimum Gasteiger partial charge on any atom is -0.493 e. The van der Waals surface area contributed by atoms with Crippen molar-refractivity contribution in [3.05, 3.63) is 29.8 Å². The molecule has 1 rings (SSSR count). The van der Waals surface area contributed by atoms with Crippen LogP contribution in [0.15, 0.2) is 24.3 Å². The van der Waals surface area contributed by atoms with Crippen molar-refractivity contribution in [1.29, 1.82) is 0 Å². The van der Waals surface area contributed by atoms with Crippen molar-refractivity contribution in [3.8, 4) is 5.75 Å². The lowest BCUT2D eigenvalue weighted by Gasteiger charge is -2.12. The van der Waals surface area contributed by atoms with Gasteiger partial charge in [-0.15, -0.1) is 0 Å². The van der Waals surface area contributed by atoms with E-state index in [1.54, 1.807) is 19.1 Å². The highest BCUT2D eigenvalue weighted by Crippen LogP contribution is 2.20. The monoisotopic (exact) mass is 237 g/mol. The maximum absolute atomic E-state index is 10.8. The number of hydrogen-bond acceptors (Lipinski definition) is 3. The Balaban J connectivity index is 2.54. The van der Waals surface area contributed by atoms with E-state index < -0.39 is 6.10 Å². The summed E-state index contributed by atoms with van der Waals surface area (Å²) in [6, 6.07) is 7.20. The SMILES string of the molecule is CC[C@@H](O)c1ccc(OCC(C)C(N)=O)cc1. The summed E-state index contributed by atoms with van der Waals surface area (Å²) in [6.45, 7) is 3.91. The molecular formula is C13H19NO3. The van der Waals surface area contributed by atoms with Crippen LogP contribution >= 0.6 is 0 Å². The molecule has 0 aromatic heterocycles. The van der Waals surface area contributed by atoms with Crippen LogP contribution in [0.1, 0.15) is 31.9 Å². The summed E-state index contributed by atoms with van der Waals surface area (Å²) in [5, 5.41) is 9.61. The second-order valence-electron chi connectivity index (χ2n) is 4.11. The Morgan fingerprint density at radius 2 is 2.00 bits per heavy atom. The molecule has 1 unspecified atom stereocenters. The van der Waals surface area contributed by atoms with Crippen LogP contribution in [0, 0.1) is 5.92 Å². The van der Waals surface area contributed by atoms with E-state index in [4.69, 9.17) is 10.5 Å². The molecular weight excluding hydrogens is 218 g/mol. The molecule has 0 fully saturated rings. The number of hydrogen-bond donors (Lipinski definition) is 2. The molecule has 1 amide bonds. The Kier molecular flexibility index (Phi) is 4.97. The molecule has 0 radical (unpaired) electrons. The molecule has 17 heavy (non-hydrogen) atoms. The van der Waals surface area contributed by atoms with E-state index in [0.29, 0.717) is 12.2 Å². The summed E-state index contributed by atoms with van der Waals surface area (Å²) in [6.07, 6.45) is 0.243. The highest BCUT2D eigenvalue weighted by atomic mass is 16.5. The minimum absolute atomic E-state index is 0.269. The standard InChI is InChI=1S/C13H19NO3/c1-3-12(15)10-4-6-11(7-5-10)17-8-9(2)13(14)16/h4-7,9,12,15H,3,8H2,1-2H3,(H2,14,16)/t9?,12-/m1/s1. The van der Waals surface area contributed by atoms with E-state index in [1.165, 1.54) is 0 Å². The number of amides is 1. The molecule has 3 N–H and O–H groups in total. The van der Waals surface area contributed by atoms with E-state index in [9.17, 15) is 9.90 Å². The van der Waals surface area contributed by atoms with Crippen molar-refractivity contribution < 1.29 is 14.6 Å². The summed E-state index contributed by atoms with van der Waals surface area (Å²) in [7, 11) is 0. The number of rotatable bonds is 6. The van der Waals surface area contributed by atoms with Crippen LogP contribution in [-0.4, -0.2) is 17.6 Å². The van der Waals surface area contributed by atoms with Crippen LogP contribution in [0.25, 0.3) is 0 Å². The van der Waals surface area contributed by atoms with Gasteiger partial charge >= 0.3 is 0 Å². The zero-order chi connectivity index (χ0) is 12.8. The molecule has 0 bridgehead atoms. The number of benzene rings is 1. The Hall–Kier alpha value is -1.55. The second-order valence-corrected chi connectivity index (χ2v) is 4.11. The van der Waals surface area contributed by atoms with Gasteiger partial charge in [0.25, 0.3) is 0 Å². The van der Waals surface area contributed by atoms with E-state index in [0.717, 1.165) is 5.56 Å². The predicted octanol–water partition coefficient (Wildman–Crippen LogP) is 1.63. The number of nitrogens with two attached hydrogens (primary N) is 1. The Labute approximate surface area is 101 Å². The number of ether oxygens (including phenoxy) is 1. The molecule has 0 saturated heterocycles. The average Bonchev–Trinajstić information content (AvgIpc) is 2.35. The quantitative estimate of drug-likeness (QED) is 0.789. The average molecular weight is 237 g/mol. The predicted molar refractivity (Wildman–Crippen MR) is 65.5 cm³/mol. The van der Waals surface area contributed by atoms with Gasteiger partial charge in [-0.2, -0.15) is 0 Å². The van der Waals surface area contributed by atoms with Gasteiger partial charge in [-0.05, 0) is 24.1 Å². The molecule has 0 aliphatic carbocycles. The number of aliphatic hydroxyl groups excluding tert-OH is 1. The third-order valence-corrected chi connectivity index (χ3v) is 2.64. The summed E-state index contributed by atoms with van der Waals surface area (Å²) in [4.78, 5) is 10.8. The molecule has 0 saturated carbocycles. The molecule has 0 spiro atoms. The first kappa shape index (κ1) is 13.5. The smallest absolute Gasteiger partial charge is 0.223 e. The van der Waals surface area contributed by atoms with Crippen LogP contribution in [0.4, 0.5) is 0 Å². The first-order chi connectivity index (χ1) is 8.04. The van der Waals surface area contributed by atoms with Crippen LogP contribution in [0.3, 0.4) is 0 Å². The van der Waals surface area contributed by atoms with E-state index in [2.05, 4.69) is 0 Å². The normalized spacial score (nSPS) is 14.1. The van der Waals surface area contributed by atoms with Gasteiger partial charge in [-0.3, -0.25) is 4.79 Å². The first-order valence-electron chi connectivity index (χ1n) is 5.74. The zero-order valence-electron chi connectivity index (χ0n) is 10.2. The lowest BCUT2D eigenvalue weighted by molar-refractivity contribution is -0.122. The van der Waals surface area contributed by atoms with Crippen LogP contribution in [0.5, 0.6) is 5.75 Å². The summed E-state index contributed by atoms with van der Waals surface area (Å²) >= 11 is 0. The van der Waals surface area contributed by atoms with Crippen LogP contribution in [0.2, 0.25) is 0 Å². The molecule has 0 aliphatic heterocycles. The first-order valence-corrected chi connectivity index (χ1v) is 5.74. The van der Waals surface area contributed by atoms with Crippen LogP contribution in [-0.2, 0) is 4.79 Å². The Bertz CT molecular complexity index is 361. The van der Waals surface area contributed by atoms with Crippen molar-refractivity contribution in [3.63, 3.8) is 0 Å². The lowest BCUT2D eigenvalue weighted by atomic mass is 10.1. The van der Waals surface area contributed by atoms with E-state index >= 15 is 0 Å². The maximum atomic E-state index is 10.8. The Morgan fingerprint density at radius 3 is 2.47 bits per heavy atom. The van der Waals surface area contributed by atoms with Gasteiger partial charge < -0.3 is 15.6 Å². The molecule has 1 aromatic carbocycles. The summed E-state index contributed by atoms with van der Waals surface area (Å²) in [5.41, 5.74) is 5.99. The number of aliphatic hydroxyl groups is 1. The fourth-order valence-corrected chi connectivity index (χ4v) is 1.33. The van der Waals surface area contributed by atoms with E-state index in [-0.39, 0.29) is 18.4 Å². The van der Waals surface area contributed by atoms with Crippen molar-refractivity contribution in [2.45, 2.75) is 26.4 Å². The third kappa shape index (κ3) is 4.07. The zero-order valence-corrected chi connectivity index (χ0v) is 10.2. The fourth-order valence-electron chi connectivity index (χ4n) is 1.33. The number of carbonyl (C=O) groups excluding carboxylic acids is 1. The third-order valence-electron chi connectivity index (χ3n) is 2.64. The van der Waals surface area contributed by atoms with Gasteiger partial charge in [0.15, 0.2) is 0 Å². The van der Waals surface area contributed by atoms with Crippen molar-refractivity contribution in [1.82, 2.24) is 0 Å². The van der Waals surface area contributed by atoms with Gasteiger partial charge in [0, 0.05) is 0 Å². The number of carbonyl (C=O) groups is 1. The van der Waals surface area contributed by atoms with Crippen molar-refractivity contribution in [2.24, 2.45) is 11.7 Å². The fraction of sp³-hybridized carbons (Fsp3) is 0.462. The Morgan fingerprint density at radius 1 is 1.41 bits per heavy atom. The largest absolute Gasteiger partial charge is 0.493 e. The summed E-state index contributed by atoms with van der Waals surface area (Å²) < 4.78 is 5.41. The number of primary amides is 1. The van der Waals surface area contributed by atoms with Gasteiger partial charge in [0.05, 0.1) is 18.6 Å². The topological polar surface area (TPSA) is 72.6 Å². The minimum atomic E-state index is -0.436. The molecule has 94 valence electrons. The molecule has 0 heterocycles. The molecule has 2 atom stereocenters. The highest BCUT2D eigenvalue weighted by molar-refractivity contribution is 5.76. The second kappa shape index (κ2) is 6.25. The highest BCUT2D eigenvalue weighted by Gasteiger charge is 2.09. The van der Waals surface area contributed by atoms with Gasteiger partial charge in [-0.25, -0.2) is 0 Å². The van der Waals surface area contributed by atoms with Crippen molar-refractivity contribution >= 4 is 5.91 Å². The van der Waals surface area contributed by atoms with Gasteiger partial charge in [0.1, 0.15) is 5.75 Å². The molecule has 4 heteroatoms.